The molecule has 2 heteroatoms. The highest BCUT2D eigenvalue weighted by atomic mass is 32.1. The van der Waals surface area contributed by atoms with Crippen molar-refractivity contribution in [1.29, 1.82) is 0 Å². The molecule has 0 atom stereocenters. The lowest BCUT2D eigenvalue weighted by atomic mass is 10.3. The molecule has 0 aromatic carbocycles. The fourth-order valence-electron chi connectivity index (χ4n) is 1.44. The molecule has 2 aromatic rings. The van der Waals surface area contributed by atoms with E-state index in [0.717, 1.165) is 6.42 Å². The molecule has 0 amide bonds. The van der Waals surface area contributed by atoms with E-state index < -0.39 is 0 Å². The van der Waals surface area contributed by atoms with Crippen LogP contribution < -0.4 is 0 Å². The van der Waals surface area contributed by atoms with Crippen LogP contribution in [0.4, 0.5) is 0 Å². The van der Waals surface area contributed by atoms with Gasteiger partial charge in [0.15, 0.2) is 0 Å². The van der Waals surface area contributed by atoms with E-state index in [9.17, 15) is 0 Å². The van der Waals surface area contributed by atoms with E-state index >= 15 is 0 Å². The number of thiophene rings is 1. The largest absolute Gasteiger partial charge is 0.347 e. The van der Waals surface area contributed by atoms with Crippen molar-refractivity contribution in [1.82, 2.24) is 4.57 Å². The highest BCUT2D eigenvalue weighted by molar-refractivity contribution is 7.17. The predicted molar refractivity (Wildman–Crippen MR) is 50.2 cm³/mol. The van der Waals surface area contributed by atoms with Gasteiger partial charge in [0.25, 0.3) is 0 Å². The van der Waals surface area contributed by atoms with E-state index in [2.05, 4.69) is 36.1 Å². The number of fused-ring (bicyclic) bond motifs is 1. The second-order valence-corrected chi connectivity index (χ2v) is 3.67. The van der Waals surface area contributed by atoms with Gasteiger partial charge in [0.05, 0.1) is 10.2 Å². The molecule has 0 bridgehead atoms. The molecule has 2 rings (SSSR count). The summed E-state index contributed by atoms with van der Waals surface area (Å²) in [6, 6.07) is 4.46. The average molecular weight is 165 g/mol. The molecule has 0 saturated heterocycles. The van der Waals surface area contributed by atoms with Crippen molar-refractivity contribution >= 4 is 21.6 Å². The first-order valence-corrected chi connectivity index (χ1v) is 4.72. The second-order valence-electron chi connectivity index (χ2n) is 2.72. The van der Waals surface area contributed by atoms with Crippen molar-refractivity contribution in [2.24, 2.45) is 7.05 Å². The SMILES string of the molecule is CCc1cc2sccc2n1C. The van der Waals surface area contributed by atoms with Crippen molar-refractivity contribution in [3.63, 3.8) is 0 Å². The van der Waals surface area contributed by atoms with Gasteiger partial charge in [-0.2, -0.15) is 0 Å². The van der Waals surface area contributed by atoms with Crippen LogP contribution in [0.1, 0.15) is 12.6 Å². The quantitative estimate of drug-likeness (QED) is 0.612. The second kappa shape index (κ2) is 2.38. The zero-order valence-electron chi connectivity index (χ0n) is 6.79. The third-order valence-electron chi connectivity index (χ3n) is 2.13. The van der Waals surface area contributed by atoms with Gasteiger partial charge in [0, 0.05) is 12.7 Å². The van der Waals surface area contributed by atoms with Gasteiger partial charge in [0.1, 0.15) is 0 Å². The van der Waals surface area contributed by atoms with Crippen LogP contribution in [0.25, 0.3) is 10.2 Å². The maximum absolute atomic E-state index is 2.28. The molecule has 58 valence electrons. The number of nitrogens with zero attached hydrogens (tertiary/aromatic N) is 1. The summed E-state index contributed by atoms with van der Waals surface area (Å²) in [6.45, 7) is 2.19. The minimum Gasteiger partial charge on any atom is -0.347 e. The van der Waals surface area contributed by atoms with Gasteiger partial charge < -0.3 is 4.57 Å². The Labute approximate surface area is 70.3 Å². The van der Waals surface area contributed by atoms with Crippen LogP contribution in [-0.2, 0) is 13.5 Å². The Hall–Kier alpha value is -0.760. The molecule has 2 aromatic heterocycles. The van der Waals surface area contributed by atoms with E-state index in [1.807, 2.05) is 11.3 Å². The van der Waals surface area contributed by atoms with Crippen LogP contribution in [0.2, 0.25) is 0 Å². The van der Waals surface area contributed by atoms with Gasteiger partial charge in [-0.3, -0.25) is 0 Å². The first-order valence-electron chi connectivity index (χ1n) is 3.84. The number of aryl methyl sites for hydroxylation is 2. The zero-order chi connectivity index (χ0) is 7.84. The molecule has 0 N–H and O–H groups in total. The predicted octanol–water partition coefficient (Wildman–Crippen LogP) is 2.80. The first-order chi connectivity index (χ1) is 5.33. The van der Waals surface area contributed by atoms with Gasteiger partial charge in [-0.15, -0.1) is 11.3 Å². The molecule has 1 nitrogen and oxygen atoms in total. The van der Waals surface area contributed by atoms with Crippen molar-refractivity contribution in [3.8, 4) is 0 Å². The van der Waals surface area contributed by atoms with Gasteiger partial charge in [-0.05, 0) is 23.9 Å². The zero-order valence-corrected chi connectivity index (χ0v) is 7.61. The Morgan fingerprint density at radius 2 is 2.36 bits per heavy atom. The van der Waals surface area contributed by atoms with Crippen molar-refractivity contribution in [2.75, 3.05) is 0 Å². The molecule has 2 heterocycles. The molecule has 0 fully saturated rings. The molecule has 0 saturated carbocycles. The summed E-state index contributed by atoms with van der Waals surface area (Å²) in [5.41, 5.74) is 2.79. The topological polar surface area (TPSA) is 4.93 Å². The third-order valence-corrected chi connectivity index (χ3v) is 2.98. The fourth-order valence-corrected chi connectivity index (χ4v) is 2.31. The van der Waals surface area contributed by atoms with E-state index in [1.54, 1.807) is 0 Å². The van der Waals surface area contributed by atoms with Crippen LogP contribution in [0.5, 0.6) is 0 Å². The number of aromatic nitrogens is 1. The lowest BCUT2D eigenvalue weighted by molar-refractivity contribution is 0.866. The molecule has 0 spiro atoms. The Morgan fingerprint density at radius 1 is 1.55 bits per heavy atom. The fraction of sp³-hybridized carbons (Fsp3) is 0.333. The minimum atomic E-state index is 1.12. The summed E-state index contributed by atoms with van der Waals surface area (Å²) in [5, 5.41) is 2.14. The summed E-state index contributed by atoms with van der Waals surface area (Å²) in [4.78, 5) is 0. The average Bonchev–Trinajstić information content (AvgIpc) is 2.53. The maximum Gasteiger partial charge on any atom is 0.0589 e. The Morgan fingerprint density at radius 3 is 3.00 bits per heavy atom. The monoisotopic (exact) mass is 165 g/mol. The van der Waals surface area contributed by atoms with Crippen LogP contribution in [0.3, 0.4) is 0 Å². The Bertz CT molecular complexity index is 370. The van der Waals surface area contributed by atoms with E-state index in [1.165, 1.54) is 15.9 Å². The Balaban J connectivity index is 2.76. The number of rotatable bonds is 1. The standard InChI is InChI=1S/C9H11NS/c1-3-7-6-9-8(10(7)2)4-5-11-9/h4-6H,3H2,1-2H3. The highest BCUT2D eigenvalue weighted by Crippen LogP contribution is 2.23. The lowest BCUT2D eigenvalue weighted by Gasteiger charge is -1.97. The number of hydrogen-bond donors (Lipinski definition) is 0. The molecule has 11 heavy (non-hydrogen) atoms. The summed E-state index contributed by atoms with van der Waals surface area (Å²) in [7, 11) is 2.13. The number of hydrogen-bond acceptors (Lipinski definition) is 1. The van der Waals surface area contributed by atoms with Crippen LogP contribution in [0, 0.1) is 0 Å². The van der Waals surface area contributed by atoms with Crippen LogP contribution in [-0.4, -0.2) is 4.57 Å². The lowest BCUT2D eigenvalue weighted by Crippen LogP contribution is -1.92. The summed E-state index contributed by atoms with van der Waals surface area (Å²) in [6.07, 6.45) is 1.12. The summed E-state index contributed by atoms with van der Waals surface area (Å²) in [5.74, 6) is 0. The maximum atomic E-state index is 2.28. The van der Waals surface area contributed by atoms with E-state index in [0.29, 0.717) is 0 Å². The molecular weight excluding hydrogens is 154 g/mol. The van der Waals surface area contributed by atoms with E-state index in [-0.39, 0.29) is 0 Å². The minimum absolute atomic E-state index is 1.12. The van der Waals surface area contributed by atoms with Crippen molar-refractivity contribution in [2.45, 2.75) is 13.3 Å². The molecular formula is C9H11NS. The molecule has 0 aliphatic carbocycles. The van der Waals surface area contributed by atoms with Crippen LogP contribution in [0.15, 0.2) is 17.5 Å². The van der Waals surface area contributed by atoms with Gasteiger partial charge >= 0.3 is 0 Å². The molecule has 0 aliphatic rings. The highest BCUT2D eigenvalue weighted by Gasteiger charge is 2.03. The normalized spacial score (nSPS) is 11.1. The Kier molecular flexibility index (Phi) is 1.50. The third kappa shape index (κ3) is 0.897. The molecule has 0 unspecified atom stereocenters. The molecule has 0 aliphatic heterocycles. The summed E-state index contributed by atoms with van der Waals surface area (Å²) < 4.78 is 3.68. The van der Waals surface area contributed by atoms with Gasteiger partial charge in [-0.1, -0.05) is 6.92 Å². The van der Waals surface area contributed by atoms with E-state index in [4.69, 9.17) is 0 Å². The van der Waals surface area contributed by atoms with Crippen LogP contribution >= 0.6 is 11.3 Å². The van der Waals surface area contributed by atoms with Crippen molar-refractivity contribution in [3.05, 3.63) is 23.2 Å². The molecule has 0 radical (unpaired) electrons. The summed E-state index contributed by atoms with van der Waals surface area (Å²) >= 11 is 1.82. The van der Waals surface area contributed by atoms with Crippen molar-refractivity contribution < 1.29 is 0 Å². The van der Waals surface area contributed by atoms with Gasteiger partial charge in [-0.25, -0.2) is 0 Å². The smallest absolute Gasteiger partial charge is 0.0589 e. The van der Waals surface area contributed by atoms with Gasteiger partial charge in [0.2, 0.25) is 0 Å². The first kappa shape index (κ1) is 6.92.